The predicted octanol–water partition coefficient (Wildman–Crippen LogP) is 1.29. The summed E-state index contributed by atoms with van der Waals surface area (Å²) < 4.78 is 32.6. The topological polar surface area (TPSA) is 84.7 Å². The van der Waals surface area contributed by atoms with Crippen LogP contribution < -0.4 is 15.2 Å². The Morgan fingerprint density at radius 3 is 2.68 bits per heavy atom. The largest absolute Gasteiger partial charge is 0.495 e. The van der Waals surface area contributed by atoms with Gasteiger partial charge in [-0.25, -0.2) is 0 Å². The molecule has 0 fully saturated rings. The van der Waals surface area contributed by atoms with Gasteiger partial charge in [0.05, 0.1) is 17.8 Å². The maximum atomic E-state index is 12.0. The Hall–Kier alpha value is -1.02. The van der Waals surface area contributed by atoms with Gasteiger partial charge in [-0.05, 0) is 31.2 Å². The number of nitrogens with one attached hydrogen (secondary N) is 1. The van der Waals surface area contributed by atoms with Crippen molar-refractivity contribution in [2.45, 2.75) is 6.42 Å². The van der Waals surface area contributed by atoms with E-state index in [2.05, 4.69) is 4.72 Å². The lowest BCUT2D eigenvalue weighted by Gasteiger charge is -2.18. The van der Waals surface area contributed by atoms with Crippen LogP contribution in [0.1, 0.15) is 6.42 Å². The van der Waals surface area contributed by atoms with Gasteiger partial charge in [-0.3, -0.25) is 4.72 Å². The molecule has 1 rings (SSSR count). The summed E-state index contributed by atoms with van der Waals surface area (Å²) in [5.41, 5.74) is 5.73. The van der Waals surface area contributed by atoms with Crippen molar-refractivity contribution in [1.82, 2.24) is 4.31 Å². The number of rotatable bonds is 7. The van der Waals surface area contributed by atoms with Crippen molar-refractivity contribution in [3.05, 3.63) is 23.2 Å². The second kappa shape index (κ2) is 6.95. The van der Waals surface area contributed by atoms with Crippen molar-refractivity contribution in [1.29, 1.82) is 0 Å². The molecule has 0 heterocycles. The van der Waals surface area contributed by atoms with E-state index in [0.29, 0.717) is 36.0 Å². The molecule has 108 valence electrons. The minimum absolute atomic E-state index is 0.340. The van der Waals surface area contributed by atoms with Crippen molar-refractivity contribution in [3.63, 3.8) is 0 Å². The van der Waals surface area contributed by atoms with E-state index in [9.17, 15) is 8.42 Å². The number of nitrogens with zero attached hydrogens (tertiary/aromatic N) is 1. The number of hydrogen-bond donors (Lipinski definition) is 2. The Morgan fingerprint density at radius 2 is 2.16 bits per heavy atom. The predicted molar refractivity (Wildman–Crippen MR) is 76.8 cm³/mol. The third-order valence-corrected chi connectivity index (χ3v) is 4.28. The van der Waals surface area contributed by atoms with Gasteiger partial charge in [-0.1, -0.05) is 11.6 Å². The van der Waals surface area contributed by atoms with Gasteiger partial charge in [0.15, 0.2) is 0 Å². The summed E-state index contributed by atoms with van der Waals surface area (Å²) in [6.45, 7) is 0.796. The number of ether oxygens (including phenoxy) is 1. The average molecular weight is 308 g/mol. The molecule has 0 radical (unpaired) electrons. The summed E-state index contributed by atoms with van der Waals surface area (Å²) in [5.74, 6) is 0.487. The van der Waals surface area contributed by atoms with Crippen LogP contribution in [0.4, 0.5) is 5.69 Å². The fourth-order valence-corrected chi connectivity index (χ4v) is 2.60. The first-order valence-electron chi connectivity index (χ1n) is 5.68. The van der Waals surface area contributed by atoms with Gasteiger partial charge in [0.2, 0.25) is 0 Å². The molecule has 8 heteroatoms. The molecule has 0 aliphatic rings. The molecular formula is C11H18ClN3O3S. The van der Waals surface area contributed by atoms with Crippen molar-refractivity contribution < 1.29 is 13.2 Å². The zero-order valence-corrected chi connectivity index (χ0v) is 12.5. The van der Waals surface area contributed by atoms with Crippen LogP contribution in [0.2, 0.25) is 5.02 Å². The minimum atomic E-state index is -3.59. The zero-order valence-electron chi connectivity index (χ0n) is 10.9. The minimum Gasteiger partial charge on any atom is -0.495 e. The van der Waals surface area contributed by atoms with Crippen LogP contribution >= 0.6 is 11.6 Å². The van der Waals surface area contributed by atoms with E-state index in [1.165, 1.54) is 24.5 Å². The molecule has 3 N–H and O–H groups in total. The third kappa shape index (κ3) is 4.54. The molecular weight excluding hydrogens is 290 g/mol. The molecule has 6 nitrogen and oxygen atoms in total. The third-order valence-electron chi connectivity index (χ3n) is 2.49. The van der Waals surface area contributed by atoms with Crippen molar-refractivity contribution >= 4 is 27.5 Å². The van der Waals surface area contributed by atoms with Gasteiger partial charge in [0, 0.05) is 13.6 Å². The molecule has 0 aromatic heterocycles. The Bertz CT molecular complexity index is 522. The van der Waals surface area contributed by atoms with Crippen LogP contribution in [0, 0.1) is 0 Å². The van der Waals surface area contributed by atoms with Gasteiger partial charge in [-0.15, -0.1) is 0 Å². The van der Waals surface area contributed by atoms with Crippen LogP contribution in [-0.4, -0.2) is 40.0 Å². The highest BCUT2D eigenvalue weighted by atomic mass is 35.5. The normalized spacial score (nSPS) is 11.6. The summed E-state index contributed by atoms with van der Waals surface area (Å²) in [6, 6.07) is 4.67. The summed E-state index contributed by atoms with van der Waals surface area (Å²) >= 11 is 5.93. The summed E-state index contributed by atoms with van der Waals surface area (Å²) in [5, 5.41) is 0.340. The van der Waals surface area contributed by atoms with Crippen LogP contribution in [0.5, 0.6) is 5.75 Å². The second-order valence-corrected chi connectivity index (χ2v) is 6.10. The highest BCUT2D eigenvalue weighted by molar-refractivity contribution is 7.90. The molecule has 0 bridgehead atoms. The highest BCUT2D eigenvalue weighted by Gasteiger charge is 2.17. The lowest BCUT2D eigenvalue weighted by atomic mass is 10.3. The lowest BCUT2D eigenvalue weighted by Crippen LogP contribution is -2.34. The smallest absolute Gasteiger partial charge is 0.301 e. The number of halogens is 1. The molecule has 0 atom stereocenters. The standard InChI is InChI=1S/C11H18ClN3O3S/c1-15(7-3-6-13)19(16,17)14-9-4-5-11(18-2)10(12)8-9/h4-5,8,14H,3,6-7,13H2,1-2H3. The van der Waals surface area contributed by atoms with E-state index in [0.717, 1.165) is 0 Å². The molecule has 0 amide bonds. The van der Waals surface area contributed by atoms with E-state index in [-0.39, 0.29) is 0 Å². The fourth-order valence-electron chi connectivity index (χ4n) is 1.39. The molecule has 0 aliphatic heterocycles. The maximum absolute atomic E-state index is 12.0. The van der Waals surface area contributed by atoms with Crippen LogP contribution in [0.15, 0.2) is 18.2 Å². The number of methoxy groups -OCH3 is 1. The van der Waals surface area contributed by atoms with E-state index in [1.54, 1.807) is 12.1 Å². The average Bonchev–Trinajstić information content (AvgIpc) is 2.35. The first-order valence-corrected chi connectivity index (χ1v) is 7.50. The van der Waals surface area contributed by atoms with Crippen molar-refractivity contribution in [3.8, 4) is 5.75 Å². The summed E-state index contributed by atoms with van der Waals surface area (Å²) in [6.07, 6.45) is 0.598. The first-order chi connectivity index (χ1) is 8.90. The van der Waals surface area contributed by atoms with Crippen LogP contribution in [0.25, 0.3) is 0 Å². The fraction of sp³-hybridized carbons (Fsp3) is 0.455. The molecule has 19 heavy (non-hydrogen) atoms. The van der Waals surface area contributed by atoms with Crippen molar-refractivity contribution in [2.24, 2.45) is 5.73 Å². The van der Waals surface area contributed by atoms with Gasteiger partial charge >= 0.3 is 10.2 Å². The monoisotopic (exact) mass is 307 g/mol. The Morgan fingerprint density at radius 1 is 1.47 bits per heavy atom. The molecule has 0 unspecified atom stereocenters. The summed E-state index contributed by atoms with van der Waals surface area (Å²) in [7, 11) is -0.613. The number of nitrogens with two attached hydrogens (primary N) is 1. The molecule has 0 saturated carbocycles. The molecule has 0 spiro atoms. The van der Waals surface area contributed by atoms with Gasteiger partial charge < -0.3 is 10.5 Å². The van der Waals surface area contributed by atoms with Crippen LogP contribution in [0.3, 0.4) is 0 Å². The molecule has 1 aromatic carbocycles. The Labute approximate surface area is 118 Å². The molecule has 1 aromatic rings. The van der Waals surface area contributed by atoms with Gasteiger partial charge in [0.25, 0.3) is 0 Å². The first kappa shape index (κ1) is 16.0. The number of anilines is 1. The Balaban J connectivity index is 2.80. The van der Waals surface area contributed by atoms with Gasteiger partial charge in [0.1, 0.15) is 5.75 Å². The van der Waals surface area contributed by atoms with Gasteiger partial charge in [-0.2, -0.15) is 12.7 Å². The van der Waals surface area contributed by atoms with Crippen LogP contribution in [-0.2, 0) is 10.2 Å². The molecule has 0 aliphatic carbocycles. The highest BCUT2D eigenvalue weighted by Crippen LogP contribution is 2.27. The quantitative estimate of drug-likeness (QED) is 0.795. The second-order valence-electron chi connectivity index (χ2n) is 3.92. The molecule has 0 saturated heterocycles. The number of hydrogen-bond acceptors (Lipinski definition) is 4. The Kier molecular flexibility index (Phi) is 5.86. The maximum Gasteiger partial charge on any atom is 0.301 e. The van der Waals surface area contributed by atoms with E-state index in [1.807, 2.05) is 0 Å². The lowest BCUT2D eigenvalue weighted by molar-refractivity contribution is 0.415. The van der Waals surface area contributed by atoms with Crippen molar-refractivity contribution in [2.75, 3.05) is 32.0 Å². The number of benzene rings is 1. The SMILES string of the molecule is COc1ccc(NS(=O)(=O)N(C)CCCN)cc1Cl. The van der Waals surface area contributed by atoms with E-state index < -0.39 is 10.2 Å². The summed E-state index contributed by atoms with van der Waals surface area (Å²) in [4.78, 5) is 0. The van der Waals surface area contributed by atoms with E-state index >= 15 is 0 Å². The van der Waals surface area contributed by atoms with E-state index in [4.69, 9.17) is 22.1 Å². The zero-order chi connectivity index (χ0) is 14.5.